The van der Waals surface area contributed by atoms with Crippen LogP contribution in [-0.2, 0) is 6.54 Å². The molecule has 0 fully saturated rings. The van der Waals surface area contributed by atoms with Gasteiger partial charge in [0.25, 0.3) is 11.6 Å². The summed E-state index contributed by atoms with van der Waals surface area (Å²) in [7, 11) is 0. The third kappa shape index (κ3) is 3.15. The Morgan fingerprint density at radius 2 is 2.25 bits per heavy atom. The van der Waals surface area contributed by atoms with Crippen LogP contribution in [0.3, 0.4) is 0 Å². The number of benzene rings is 1. The SMILES string of the molecule is CCCNCc1nnc(-c2ccc(F)cc2[N+](=O)[O-])o1. The molecule has 0 radical (unpaired) electrons. The Labute approximate surface area is 114 Å². The lowest BCUT2D eigenvalue weighted by Gasteiger charge is -1.99. The molecular weight excluding hydrogens is 267 g/mol. The number of rotatable bonds is 6. The van der Waals surface area contributed by atoms with Gasteiger partial charge in [-0.05, 0) is 25.1 Å². The van der Waals surface area contributed by atoms with Crippen LogP contribution in [0, 0.1) is 15.9 Å². The lowest BCUT2D eigenvalue weighted by atomic mass is 10.2. The number of hydrogen-bond acceptors (Lipinski definition) is 6. The molecule has 0 saturated heterocycles. The molecule has 106 valence electrons. The average molecular weight is 280 g/mol. The number of halogens is 1. The van der Waals surface area contributed by atoms with Crippen molar-refractivity contribution in [2.24, 2.45) is 0 Å². The number of hydrogen-bond donors (Lipinski definition) is 1. The lowest BCUT2D eigenvalue weighted by Crippen LogP contribution is -2.13. The van der Waals surface area contributed by atoms with Gasteiger partial charge >= 0.3 is 0 Å². The Kier molecular flexibility index (Phi) is 4.36. The maximum absolute atomic E-state index is 13.1. The zero-order valence-electron chi connectivity index (χ0n) is 10.8. The van der Waals surface area contributed by atoms with Crippen molar-refractivity contribution >= 4 is 5.69 Å². The van der Waals surface area contributed by atoms with Crippen molar-refractivity contribution < 1.29 is 13.7 Å². The first kappa shape index (κ1) is 14.1. The first-order chi connectivity index (χ1) is 9.61. The highest BCUT2D eigenvalue weighted by Crippen LogP contribution is 2.29. The quantitative estimate of drug-likeness (QED) is 0.495. The first-order valence-electron chi connectivity index (χ1n) is 6.09. The number of nitrogens with zero attached hydrogens (tertiary/aromatic N) is 3. The van der Waals surface area contributed by atoms with Crippen LogP contribution in [-0.4, -0.2) is 21.7 Å². The fourth-order valence-corrected chi connectivity index (χ4v) is 1.64. The molecule has 0 spiro atoms. The van der Waals surface area contributed by atoms with E-state index in [-0.39, 0.29) is 11.5 Å². The van der Waals surface area contributed by atoms with Gasteiger partial charge in [-0.1, -0.05) is 6.92 Å². The van der Waals surface area contributed by atoms with Gasteiger partial charge < -0.3 is 9.73 Å². The molecular formula is C12H13FN4O3. The monoisotopic (exact) mass is 280 g/mol. The van der Waals surface area contributed by atoms with E-state index in [2.05, 4.69) is 15.5 Å². The van der Waals surface area contributed by atoms with Crippen molar-refractivity contribution in [2.75, 3.05) is 6.54 Å². The summed E-state index contributed by atoms with van der Waals surface area (Å²) in [6.07, 6.45) is 0.963. The summed E-state index contributed by atoms with van der Waals surface area (Å²) < 4.78 is 18.4. The Hall–Kier alpha value is -2.35. The van der Waals surface area contributed by atoms with Crippen LogP contribution in [0.4, 0.5) is 10.1 Å². The summed E-state index contributed by atoms with van der Waals surface area (Å²) >= 11 is 0. The zero-order chi connectivity index (χ0) is 14.5. The second kappa shape index (κ2) is 6.20. The predicted octanol–water partition coefficient (Wildman–Crippen LogP) is 2.28. The van der Waals surface area contributed by atoms with Crippen molar-refractivity contribution in [2.45, 2.75) is 19.9 Å². The Balaban J connectivity index is 2.25. The summed E-state index contributed by atoms with van der Waals surface area (Å²) in [6.45, 7) is 3.21. The molecule has 2 rings (SSSR count). The third-order valence-corrected chi connectivity index (χ3v) is 2.56. The minimum atomic E-state index is -0.690. The summed E-state index contributed by atoms with van der Waals surface area (Å²) in [6, 6.07) is 3.19. The van der Waals surface area contributed by atoms with Crippen LogP contribution < -0.4 is 5.32 Å². The van der Waals surface area contributed by atoms with Gasteiger partial charge in [0.05, 0.1) is 17.5 Å². The van der Waals surface area contributed by atoms with Gasteiger partial charge in [0, 0.05) is 0 Å². The molecule has 1 aromatic heterocycles. The summed E-state index contributed by atoms with van der Waals surface area (Å²) in [5, 5.41) is 21.5. The van der Waals surface area contributed by atoms with Crippen molar-refractivity contribution in [1.82, 2.24) is 15.5 Å². The highest BCUT2D eigenvalue weighted by Gasteiger charge is 2.21. The maximum atomic E-state index is 13.1. The highest BCUT2D eigenvalue weighted by molar-refractivity contribution is 5.66. The molecule has 1 N–H and O–H groups in total. The van der Waals surface area contributed by atoms with E-state index in [9.17, 15) is 14.5 Å². The number of nitro groups is 1. The number of aromatic nitrogens is 2. The molecule has 0 aliphatic rings. The molecule has 0 amide bonds. The fourth-order valence-electron chi connectivity index (χ4n) is 1.64. The van der Waals surface area contributed by atoms with Crippen LogP contribution >= 0.6 is 0 Å². The smallest absolute Gasteiger partial charge is 0.285 e. The van der Waals surface area contributed by atoms with Gasteiger partial charge in [0.15, 0.2) is 0 Å². The minimum absolute atomic E-state index is 0.00463. The van der Waals surface area contributed by atoms with Gasteiger partial charge in [-0.25, -0.2) is 4.39 Å². The predicted molar refractivity (Wildman–Crippen MR) is 68.3 cm³/mol. The van der Waals surface area contributed by atoms with E-state index in [1.165, 1.54) is 6.07 Å². The van der Waals surface area contributed by atoms with Crippen LogP contribution in [0.2, 0.25) is 0 Å². The van der Waals surface area contributed by atoms with E-state index in [1.54, 1.807) is 0 Å². The lowest BCUT2D eigenvalue weighted by molar-refractivity contribution is -0.384. The Bertz CT molecular complexity index is 614. The molecule has 1 aromatic carbocycles. The van der Waals surface area contributed by atoms with Gasteiger partial charge in [-0.15, -0.1) is 10.2 Å². The normalized spacial score (nSPS) is 10.7. The summed E-state index contributed by atoms with van der Waals surface area (Å²) in [5.41, 5.74) is -0.299. The van der Waals surface area contributed by atoms with Crippen LogP contribution in [0.1, 0.15) is 19.2 Å². The third-order valence-electron chi connectivity index (χ3n) is 2.56. The standard InChI is InChI=1S/C12H13FN4O3/c1-2-5-14-7-11-15-16-12(20-11)9-4-3-8(13)6-10(9)17(18)19/h3-4,6,14H,2,5,7H2,1H3. The highest BCUT2D eigenvalue weighted by atomic mass is 19.1. The van der Waals surface area contributed by atoms with Crippen LogP contribution in [0.25, 0.3) is 11.5 Å². The van der Waals surface area contributed by atoms with Crippen LogP contribution in [0.15, 0.2) is 22.6 Å². The Morgan fingerprint density at radius 3 is 2.95 bits per heavy atom. The molecule has 1 heterocycles. The molecule has 0 bridgehead atoms. The van der Waals surface area contributed by atoms with Gasteiger partial charge in [0.2, 0.25) is 5.89 Å². The van der Waals surface area contributed by atoms with E-state index in [0.29, 0.717) is 12.4 Å². The van der Waals surface area contributed by atoms with Crippen molar-refractivity contribution in [3.63, 3.8) is 0 Å². The molecule has 8 heteroatoms. The van der Waals surface area contributed by atoms with Crippen LogP contribution in [0.5, 0.6) is 0 Å². The first-order valence-corrected chi connectivity index (χ1v) is 6.09. The second-order valence-electron chi connectivity index (χ2n) is 4.10. The van der Waals surface area contributed by atoms with E-state index in [4.69, 9.17) is 4.42 Å². The zero-order valence-corrected chi connectivity index (χ0v) is 10.8. The largest absolute Gasteiger partial charge is 0.419 e. The topological polar surface area (TPSA) is 94.1 Å². The molecule has 0 aliphatic carbocycles. The minimum Gasteiger partial charge on any atom is -0.419 e. The van der Waals surface area contributed by atoms with Crippen molar-refractivity contribution in [3.8, 4) is 11.5 Å². The molecule has 0 saturated carbocycles. The Morgan fingerprint density at radius 1 is 1.45 bits per heavy atom. The molecule has 0 atom stereocenters. The molecule has 0 unspecified atom stereocenters. The number of nitro benzene ring substituents is 1. The van der Waals surface area contributed by atoms with E-state index >= 15 is 0 Å². The average Bonchev–Trinajstić information content (AvgIpc) is 2.87. The van der Waals surface area contributed by atoms with E-state index < -0.39 is 16.4 Å². The van der Waals surface area contributed by atoms with Crippen molar-refractivity contribution in [1.29, 1.82) is 0 Å². The summed E-state index contributed by atoms with van der Waals surface area (Å²) in [4.78, 5) is 10.2. The second-order valence-corrected chi connectivity index (χ2v) is 4.10. The van der Waals surface area contributed by atoms with Gasteiger partial charge in [-0.2, -0.15) is 0 Å². The molecule has 20 heavy (non-hydrogen) atoms. The van der Waals surface area contributed by atoms with E-state index in [1.807, 2.05) is 6.92 Å². The van der Waals surface area contributed by atoms with Gasteiger partial charge in [-0.3, -0.25) is 10.1 Å². The van der Waals surface area contributed by atoms with E-state index in [0.717, 1.165) is 25.1 Å². The summed E-state index contributed by atoms with van der Waals surface area (Å²) in [5.74, 6) is -0.359. The number of nitrogens with one attached hydrogen (secondary N) is 1. The maximum Gasteiger partial charge on any atom is 0.285 e. The molecule has 2 aromatic rings. The molecule has 7 nitrogen and oxygen atoms in total. The fraction of sp³-hybridized carbons (Fsp3) is 0.333. The molecule has 0 aliphatic heterocycles. The van der Waals surface area contributed by atoms with Crippen molar-refractivity contribution in [3.05, 3.63) is 40.0 Å². The van der Waals surface area contributed by atoms with Gasteiger partial charge in [0.1, 0.15) is 11.4 Å².